The quantitative estimate of drug-likeness (QED) is 0.487. The Labute approximate surface area is 194 Å². The summed E-state index contributed by atoms with van der Waals surface area (Å²) in [5.41, 5.74) is 1.65. The van der Waals surface area contributed by atoms with E-state index in [1.165, 1.54) is 47.4 Å². The summed E-state index contributed by atoms with van der Waals surface area (Å²) in [5.74, 6) is -1.54. The highest BCUT2D eigenvalue weighted by Gasteiger charge is 2.27. The van der Waals surface area contributed by atoms with Gasteiger partial charge in [0.25, 0.3) is 10.0 Å². The first kappa shape index (κ1) is 22.8. The highest BCUT2D eigenvalue weighted by molar-refractivity contribution is 7.98. The largest absolute Gasteiger partial charge is 0.357 e. The molecule has 1 aliphatic heterocycles. The number of aromatic nitrogens is 2. The van der Waals surface area contributed by atoms with Gasteiger partial charge in [0.2, 0.25) is 0 Å². The molecular formula is C22H19N3O6S2. The first-order chi connectivity index (χ1) is 15.8. The van der Waals surface area contributed by atoms with Crippen LogP contribution in [-0.4, -0.2) is 47.8 Å². The van der Waals surface area contributed by atoms with Crippen LogP contribution in [0.15, 0.2) is 82.5 Å². The third-order valence-corrected chi connectivity index (χ3v) is 7.25. The zero-order valence-electron chi connectivity index (χ0n) is 17.7. The number of hydroxylamine groups is 2. The lowest BCUT2D eigenvalue weighted by molar-refractivity contribution is -0.304. The highest BCUT2D eigenvalue weighted by atomic mass is 32.2. The number of carbonyl (C=O) groups is 2. The number of benzene rings is 1. The Balaban J connectivity index is 1.84. The number of carbonyl (C=O) groups excluding carboxylic acids is 2. The van der Waals surface area contributed by atoms with Crippen LogP contribution in [0.3, 0.4) is 0 Å². The molecule has 33 heavy (non-hydrogen) atoms. The maximum Gasteiger partial charge on any atom is 0.357 e. The fourth-order valence-electron chi connectivity index (χ4n) is 3.35. The van der Waals surface area contributed by atoms with E-state index in [1.54, 1.807) is 12.1 Å². The molecule has 0 spiro atoms. The lowest BCUT2D eigenvalue weighted by Gasteiger charge is -2.12. The molecule has 0 saturated carbocycles. The average molecular weight is 486 g/mol. The van der Waals surface area contributed by atoms with E-state index in [9.17, 15) is 18.0 Å². The van der Waals surface area contributed by atoms with Crippen molar-refractivity contribution in [1.29, 1.82) is 0 Å². The van der Waals surface area contributed by atoms with Gasteiger partial charge in [-0.05, 0) is 36.1 Å². The summed E-state index contributed by atoms with van der Waals surface area (Å²) in [4.78, 5) is 38.7. The predicted molar refractivity (Wildman–Crippen MR) is 120 cm³/mol. The minimum atomic E-state index is -3.99. The fraction of sp³-hybridized carbons (Fsp3) is 0.136. The van der Waals surface area contributed by atoms with E-state index in [0.717, 1.165) is 11.0 Å². The standard InChI is InChI=1S/C22H19N3O6S2/c1-24-30-21(26)12-16(22(27)31-24)10-15-11-19(18-7-3-4-8-20(18)32-2)25(14-15)33(28,29)17-6-5-9-23-13-17/h3-9,11-14H,10H2,1-2H3. The molecule has 4 rings (SSSR count). The number of pyridine rings is 1. The van der Waals surface area contributed by atoms with E-state index < -0.39 is 22.0 Å². The number of nitrogens with zero attached hydrogens (tertiary/aromatic N) is 3. The van der Waals surface area contributed by atoms with E-state index in [1.807, 2.05) is 30.5 Å². The van der Waals surface area contributed by atoms with E-state index in [2.05, 4.69) is 4.98 Å². The first-order valence-corrected chi connectivity index (χ1v) is 12.3. The first-order valence-electron chi connectivity index (χ1n) is 9.68. The SMILES string of the molecule is CSc1ccccc1-c1cc(CC2=CC(=O)ON(C)OC2=O)cn1S(=O)(=O)c1cccnc1. The van der Waals surface area contributed by atoms with E-state index >= 15 is 0 Å². The van der Waals surface area contributed by atoms with Crippen LogP contribution in [0.5, 0.6) is 0 Å². The van der Waals surface area contributed by atoms with Crippen molar-refractivity contribution in [3.8, 4) is 11.3 Å². The van der Waals surface area contributed by atoms with Crippen LogP contribution in [0.4, 0.5) is 0 Å². The topological polar surface area (TPSA) is 108 Å². The molecule has 0 fully saturated rings. The van der Waals surface area contributed by atoms with Crippen molar-refractivity contribution in [3.63, 3.8) is 0 Å². The van der Waals surface area contributed by atoms with Gasteiger partial charge in [-0.3, -0.25) is 4.98 Å². The molecule has 0 N–H and O–H groups in total. The normalized spacial score (nSPS) is 14.9. The molecule has 1 aromatic carbocycles. The fourth-order valence-corrected chi connectivity index (χ4v) is 5.31. The summed E-state index contributed by atoms with van der Waals surface area (Å²) >= 11 is 1.48. The summed E-state index contributed by atoms with van der Waals surface area (Å²) in [7, 11) is -2.71. The zero-order chi connectivity index (χ0) is 23.6. The van der Waals surface area contributed by atoms with Crippen LogP contribution in [0.2, 0.25) is 0 Å². The van der Waals surface area contributed by atoms with Gasteiger partial charge >= 0.3 is 11.9 Å². The Hall–Kier alpha value is -3.41. The Kier molecular flexibility index (Phi) is 6.36. The molecule has 0 saturated heterocycles. The van der Waals surface area contributed by atoms with Crippen LogP contribution in [0.25, 0.3) is 11.3 Å². The molecule has 3 heterocycles. The van der Waals surface area contributed by atoms with Gasteiger partial charge in [-0.15, -0.1) is 11.8 Å². The smallest absolute Gasteiger partial charge is 0.329 e. The van der Waals surface area contributed by atoms with E-state index in [4.69, 9.17) is 9.68 Å². The zero-order valence-corrected chi connectivity index (χ0v) is 19.3. The van der Waals surface area contributed by atoms with Crippen LogP contribution < -0.4 is 0 Å². The van der Waals surface area contributed by atoms with Gasteiger partial charge in [-0.2, -0.15) is 0 Å². The molecule has 0 atom stereocenters. The molecule has 2 aromatic heterocycles. The van der Waals surface area contributed by atoms with Crippen LogP contribution >= 0.6 is 11.8 Å². The number of hydrogen-bond acceptors (Lipinski definition) is 9. The van der Waals surface area contributed by atoms with Crippen molar-refractivity contribution in [2.24, 2.45) is 0 Å². The van der Waals surface area contributed by atoms with Crippen molar-refractivity contribution in [2.45, 2.75) is 16.2 Å². The third-order valence-electron chi connectivity index (χ3n) is 4.80. The maximum absolute atomic E-state index is 13.5. The average Bonchev–Trinajstić information content (AvgIpc) is 3.18. The molecule has 0 radical (unpaired) electrons. The van der Waals surface area contributed by atoms with Gasteiger partial charge in [-0.25, -0.2) is 22.0 Å². The highest BCUT2D eigenvalue weighted by Crippen LogP contribution is 2.34. The summed E-state index contributed by atoms with van der Waals surface area (Å²) in [6.45, 7) is 0. The lowest BCUT2D eigenvalue weighted by atomic mass is 10.1. The molecule has 170 valence electrons. The van der Waals surface area contributed by atoms with Gasteiger partial charge in [0.15, 0.2) is 0 Å². The Morgan fingerprint density at radius 1 is 1.09 bits per heavy atom. The van der Waals surface area contributed by atoms with E-state index in [-0.39, 0.29) is 16.9 Å². The Morgan fingerprint density at radius 3 is 2.61 bits per heavy atom. The molecule has 0 aliphatic carbocycles. The van der Waals surface area contributed by atoms with Gasteiger partial charge in [-0.1, -0.05) is 18.2 Å². The summed E-state index contributed by atoms with van der Waals surface area (Å²) < 4.78 is 28.1. The van der Waals surface area contributed by atoms with Gasteiger partial charge in [0, 0.05) is 46.8 Å². The van der Waals surface area contributed by atoms with Gasteiger partial charge < -0.3 is 9.68 Å². The monoisotopic (exact) mass is 485 g/mol. The second kappa shape index (κ2) is 9.22. The minimum absolute atomic E-state index is 0.0216. The third kappa shape index (κ3) is 4.70. The number of hydrogen-bond donors (Lipinski definition) is 0. The molecule has 0 unspecified atom stereocenters. The Morgan fingerprint density at radius 2 is 1.88 bits per heavy atom. The number of rotatable bonds is 6. The molecule has 0 bridgehead atoms. The van der Waals surface area contributed by atoms with Gasteiger partial charge in [0.1, 0.15) is 4.90 Å². The second-order valence-corrected chi connectivity index (χ2v) is 9.66. The van der Waals surface area contributed by atoms with Crippen molar-refractivity contribution in [2.75, 3.05) is 13.3 Å². The number of thioether (sulfide) groups is 1. The summed E-state index contributed by atoms with van der Waals surface area (Å²) in [6, 6.07) is 12.1. The van der Waals surface area contributed by atoms with E-state index in [0.29, 0.717) is 22.0 Å². The Bertz CT molecular complexity index is 1350. The molecule has 3 aromatic rings. The van der Waals surface area contributed by atoms with Crippen molar-refractivity contribution >= 4 is 33.7 Å². The molecular weight excluding hydrogens is 466 g/mol. The van der Waals surface area contributed by atoms with Crippen LogP contribution in [0, 0.1) is 0 Å². The summed E-state index contributed by atoms with van der Waals surface area (Å²) in [5, 5.41) is 0.673. The molecule has 1 aliphatic rings. The van der Waals surface area contributed by atoms with Crippen molar-refractivity contribution < 1.29 is 27.7 Å². The second-order valence-electron chi connectivity index (χ2n) is 7.00. The van der Waals surface area contributed by atoms with Crippen molar-refractivity contribution in [3.05, 3.63) is 78.3 Å². The minimum Gasteiger partial charge on any atom is -0.329 e. The summed E-state index contributed by atoms with van der Waals surface area (Å²) in [6.07, 6.45) is 7.10. The molecule has 9 nitrogen and oxygen atoms in total. The van der Waals surface area contributed by atoms with Crippen LogP contribution in [0.1, 0.15) is 5.56 Å². The predicted octanol–water partition coefficient (Wildman–Crippen LogP) is 2.84. The van der Waals surface area contributed by atoms with Gasteiger partial charge in [0.05, 0.1) is 18.3 Å². The van der Waals surface area contributed by atoms with Crippen molar-refractivity contribution in [1.82, 2.24) is 14.2 Å². The maximum atomic E-state index is 13.5. The lowest BCUT2D eigenvalue weighted by Crippen LogP contribution is -2.23. The molecule has 0 amide bonds. The van der Waals surface area contributed by atoms with Crippen LogP contribution in [-0.2, 0) is 35.7 Å². The molecule has 11 heteroatoms.